The van der Waals surface area contributed by atoms with Crippen molar-refractivity contribution in [2.75, 3.05) is 36.0 Å². The van der Waals surface area contributed by atoms with Crippen molar-refractivity contribution in [1.82, 2.24) is 29.8 Å². The highest BCUT2D eigenvalue weighted by atomic mass is 35.5. The Morgan fingerprint density at radius 3 is 1.39 bits per heavy atom. The zero-order chi connectivity index (χ0) is 51.2. The lowest BCUT2D eigenvalue weighted by Crippen LogP contribution is -2.37. The number of nitrogens with one attached hydrogen (secondary N) is 1. The summed E-state index contributed by atoms with van der Waals surface area (Å²) >= 11 is 0. The minimum absolute atomic E-state index is 0. The monoisotopic (exact) mass is 1030 g/mol. The summed E-state index contributed by atoms with van der Waals surface area (Å²) in [7, 11) is 3.97. The summed E-state index contributed by atoms with van der Waals surface area (Å²) in [5.74, 6) is 3.68. The van der Waals surface area contributed by atoms with Gasteiger partial charge in [-0.3, -0.25) is 33.3 Å². The first-order valence-corrected chi connectivity index (χ1v) is 28.1. The van der Waals surface area contributed by atoms with Crippen molar-refractivity contribution in [2.24, 2.45) is 49.6 Å². The molecule has 2 saturated heterocycles. The Morgan fingerprint density at radius 1 is 0.554 bits per heavy atom. The van der Waals surface area contributed by atoms with E-state index in [4.69, 9.17) is 0 Å². The van der Waals surface area contributed by atoms with Gasteiger partial charge in [0, 0.05) is 118 Å². The van der Waals surface area contributed by atoms with Crippen LogP contribution in [0.3, 0.4) is 0 Å². The number of benzene rings is 2. The van der Waals surface area contributed by atoms with Crippen molar-refractivity contribution >= 4 is 53.1 Å². The van der Waals surface area contributed by atoms with Gasteiger partial charge in [-0.2, -0.15) is 10.2 Å². The van der Waals surface area contributed by atoms with Crippen LogP contribution < -0.4 is 15.1 Å². The van der Waals surface area contributed by atoms with Crippen LogP contribution in [0.5, 0.6) is 0 Å². The highest BCUT2D eigenvalue weighted by molar-refractivity contribution is 5.97. The molecule has 0 radical (unpaired) electrons. The summed E-state index contributed by atoms with van der Waals surface area (Å²) in [4.78, 5) is 70.3. The quantitative estimate of drug-likeness (QED) is 0.148. The topological polar surface area (TPSA) is 143 Å². The smallest absolute Gasteiger partial charge is 0.230 e. The molecule has 14 heteroatoms. The van der Waals surface area contributed by atoms with E-state index in [0.29, 0.717) is 61.2 Å². The Labute approximate surface area is 446 Å². The maximum atomic E-state index is 13.8. The summed E-state index contributed by atoms with van der Waals surface area (Å²) in [5.41, 5.74) is 11.6. The van der Waals surface area contributed by atoms with E-state index in [1.165, 1.54) is 33.6 Å². The number of nitrogens with zero attached hydrogens (tertiary/aromatic N) is 7. The lowest BCUT2D eigenvalue weighted by molar-refractivity contribution is -0.130. The number of hydrogen-bond acceptors (Lipinski definition) is 8. The Morgan fingerprint density at radius 2 is 0.973 bits per heavy atom. The average molecular weight is 1030 g/mol. The van der Waals surface area contributed by atoms with Gasteiger partial charge in [0.05, 0.1) is 25.5 Å². The molecule has 1 N–H and O–H groups in total. The Kier molecular flexibility index (Phi) is 18.7. The van der Waals surface area contributed by atoms with Gasteiger partial charge in [0.15, 0.2) is 0 Å². The van der Waals surface area contributed by atoms with Crippen molar-refractivity contribution in [3.63, 3.8) is 0 Å². The minimum Gasteiger partial charge on any atom is -0.343 e. The van der Waals surface area contributed by atoms with Crippen molar-refractivity contribution in [2.45, 2.75) is 162 Å². The number of fused-ring (bicyclic) bond motifs is 4. The highest BCUT2D eigenvalue weighted by Gasteiger charge is 2.36. The fourth-order valence-electron chi connectivity index (χ4n) is 13.2. The zero-order valence-corrected chi connectivity index (χ0v) is 45.9. The molecule has 400 valence electrons. The SMILES string of the molecule is CC(=O)N1CCC(CC(=O)CCC2CCC(C(=O)N3Cc4cnn(C)c4Cc4cc(C)ccc43)CC2)CC1.Cc1ccc2c(c1)Cc1c(cnn1C)CN2C(=O)C1CCC(CCC(=O)CC2CCNCC2)CC1.Cl. The zero-order valence-electron chi connectivity index (χ0n) is 45.0. The molecule has 6 aliphatic rings. The third kappa shape index (κ3) is 13.4. The van der Waals surface area contributed by atoms with Gasteiger partial charge in [-0.1, -0.05) is 35.4 Å². The Balaban J connectivity index is 0.000000195. The normalized spacial score (nSPS) is 22.1. The van der Waals surface area contributed by atoms with Gasteiger partial charge in [-0.05, 0) is 164 Å². The number of rotatable bonds is 12. The fraction of sp³-hybridized carbons (Fsp3) is 0.617. The molecule has 0 atom stereocenters. The number of aromatic nitrogens is 4. The van der Waals surface area contributed by atoms with E-state index in [1.807, 2.05) is 50.6 Å². The number of aryl methyl sites for hydroxylation is 4. The number of ketones is 2. The molecule has 2 aromatic carbocycles. The molecule has 4 aromatic rings. The van der Waals surface area contributed by atoms with Gasteiger partial charge in [0.25, 0.3) is 0 Å². The van der Waals surface area contributed by atoms with Crippen LogP contribution in [0.25, 0.3) is 0 Å². The highest BCUT2D eigenvalue weighted by Crippen LogP contribution is 2.40. The standard InChI is InChI=1S/C31H42N4O3.C29H40N4O2.ClH/c1-21-4-11-29-26(16-21)18-30-27(19-32-33(30)3)20-35(29)31(38)25-8-5-23(6-9-25)7-10-28(37)17-24-12-14-34(15-13-24)22(2)36;1-20-3-10-27-24(15-20)17-28-25(18-31-32(28)2)19-33(27)29(35)23-7-4-21(5-8-23)6-9-26(34)16-22-11-13-30-14-12-22;/h4,11,16,19,23-25H,5-10,12-15,17-18,20H2,1-3H3;3,10,15,18,21-23,30H,4-9,11-14,16-17,19H2,1-2H3;1H. The number of amides is 3. The van der Waals surface area contributed by atoms with Crippen LogP contribution in [0.4, 0.5) is 11.4 Å². The van der Waals surface area contributed by atoms with E-state index in [2.05, 4.69) is 65.8 Å². The molecule has 4 fully saturated rings. The fourth-order valence-corrected chi connectivity index (χ4v) is 13.2. The average Bonchev–Trinajstić information content (AvgIpc) is 3.79. The van der Waals surface area contributed by atoms with Gasteiger partial charge < -0.3 is 20.0 Å². The molecule has 13 nitrogen and oxygen atoms in total. The van der Waals surface area contributed by atoms with Crippen molar-refractivity contribution in [3.05, 3.63) is 93.6 Å². The summed E-state index contributed by atoms with van der Waals surface area (Å²) in [6.07, 6.45) is 22.2. The molecule has 6 heterocycles. The minimum atomic E-state index is 0. The van der Waals surface area contributed by atoms with E-state index < -0.39 is 0 Å². The van der Waals surface area contributed by atoms with Crippen LogP contribution in [-0.2, 0) is 64.0 Å². The predicted molar refractivity (Wildman–Crippen MR) is 293 cm³/mol. The van der Waals surface area contributed by atoms with Gasteiger partial charge in [-0.25, -0.2) is 0 Å². The summed E-state index contributed by atoms with van der Waals surface area (Å²) < 4.78 is 3.89. The lowest BCUT2D eigenvalue weighted by atomic mass is 9.78. The molecule has 2 saturated carbocycles. The molecular weight excluding hydrogens is 948 g/mol. The van der Waals surface area contributed by atoms with E-state index >= 15 is 0 Å². The van der Waals surface area contributed by atoms with Crippen LogP contribution in [-0.4, -0.2) is 79.9 Å². The van der Waals surface area contributed by atoms with Crippen LogP contribution in [0.1, 0.15) is 167 Å². The van der Waals surface area contributed by atoms with Crippen LogP contribution >= 0.6 is 12.4 Å². The van der Waals surface area contributed by atoms with Crippen LogP contribution in [0.15, 0.2) is 48.8 Å². The molecule has 2 aromatic heterocycles. The first-order chi connectivity index (χ1) is 35.3. The molecule has 0 spiro atoms. The number of Topliss-reactive ketones (excluding diaryl/α,β-unsaturated/α-hetero) is 2. The second kappa shape index (κ2) is 25.1. The van der Waals surface area contributed by atoms with Gasteiger partial charge >= 0.3 is 0 Å². The molecule has 74 heavy (non-hydrogen) atoms. The third-order valence-corrected chi connectivity index (χ3v) is 17.9. The Hall–Kier alpha value is -5.14. The van der Waals surface area contributed by atoms with Gasteiger partial charge in [-0.15, -0.1) is 12.4 Å². The number of halogens is 1. The summed E-state index contributed by atoms with van der Waals surface area (Å²) in [5, 5.41) is 12.3. The van der Waals surface area contributed by atoms with Crippen LogP contribution in [0.2, 0.25) is 0 Å². The van der Waals surface area contributed by atoms with Crippen molar-refractivity contribution in [1.29, 1.82) is 0 Å². The maximum Gasteiger partial charge on any atom is 0.230 e. The number of anilines is 2. The van der Waals surface area contributed by atoms with E-state index in [-0.39, 0.29) is 42.0 Å². The lowest BCUT2D eigenvalue weighted by Gasteiger charge is -2.33. The number of hydrogen-bond donors (Lipinski definition) is 1. The van der Waals surface area contributed by atoms with Gasteiger partial charge in [0.1, 0.15) is 11.6 Å². The number of carbonyl (C=O) groups excluding carboxylic acids is 5. The summed E-state index contributed by atoms with van der Waals surface area (Å²) in [6, 6.07) is 12.9. The largest absolute Gasteiger partial charge is 0.343 e. The first kappa shape index (κ1) is 55.1. The molecule has 10 rings (SSSR count). The van der Waals surface area contributed by atoms with Crippen LogP contribution in [0, 0.1) is 49.4 Å². The first-order valence-electron chi connectivity index (χ1n) is 28.1. The number of likely N-dealkylation sites (tertiary alicyclic amines) is 1. The molecular formula is C60H83ClN8O5. The number of carbonyl (C=O) groups is 5. The van der Waals surface area contributed by atoms with Gasteiger partial charge in [0.2, 0.25) is 17.7 Å². The second-order valence-electron chi connectivity index (χ2n) is 23.1. The predicted octanol–water partition coefficient (Wildman–Crippen LogP) is 10.1. The maximum absolute atomic E-state index is 13.8. The van der Waals surface area contributed by atoms with Crippen molar-refractivity contribution < 1.29 is 24.0 Å². The van der Waals surface area contributed by atoms with E-state index in [1.54, 1.807) is 6.92 Å². The van der Waals surface area contributed by atoms with Crippen molar-refractivity contribution in [3.8, 4) is 0 Å². The molecule has 0 bridgehead atoms. The van der Waals surface area contributed by atoms with E-state index in [9.17, 15) is 24.0 Å². The molecule has 2 aliphatic carbocycles. The Bertz CT molecular complexity index is 2610. The second-order valence-corrected chi connectivity index (χ2v) is 23.1. The number of piperidine rings is 2. The van der Waals surface area contributed by atoms with E-state index in [0.717, 1.165) is 164 Å². The molecule has 3 amide bonds. The summed E-state index contributed by atoms with van der Waals surface area (Å²) in [6.45, 7) is 10.7. The molecule has 4 aliphatic heterocycles. The third-order valence-electron chi connectivity index (χ3n) is 17.9. The molecule has 0 unspecified atom stereocenters.